The molecular formula is C15H14N2O2. The molecule has 1 aromatic carbocycles. The molecule has 0 amide bonds. The Morgan fingerprint density at radius 3 is 2.42 bits per heavy atom. The van der Waals surface area contributed by atoms with Gasteiger partial charge in [0.2, 0.25) is 5.78 Å². The number of ketones is 2. The van der Waals surface area contributed by atoms with Crippen molar-refractivity contribution in [1.29, 1.82) is 0 Å². The van der Waals surface area contributed by atoms with Crippen molar-refractivity contribution >= 4 is 22.6 Å². The summed E-state index contributed by atoms with van der Waals surface area (Å²) in [6.45, 7) is 0. The van der Waals surface area contributed by atoms with Crippen LogP contribution in [0.1, 0.15) is 46.7 Å². The van der Waals surface area contributed by atoms with Gasteiger partial charge in [-0.1, -0.05) is 6.07 Å². The van der Waals surface area contributed by atoms with Gasteiger partial charge >= 0.3 is 0 Å². The number of carbonyl (C=O) groups excluding carboxylic acids is 2. The van der Waals surface area contributed by atoms with Crippen LogP contribution in [0.5, 0.6) is 0 Å². The van der Waals surface area contributed by atoms with E-state index in [1.165, 1.54) is 0 Å². The lowest BCUT2D eigenvalue weighted by molar-refractivity contribution is 0.0953. The molecule has 19 heavy (non-hydrogen) atoms. The van der Waals surface area contributed by atoms with E-state index < -0.39 is 0 Å². The summed E-state index contributed by atoms with van der Waals surface area (Å²) in [6, 6.07) is 5.53. The highest BCUT2D eigenvalue weighted by Gasteiger charge is 2.34. The predicted octanol–water partition coefficient (Wildman–Crippen LogP) is 2.75. The van der Waals surface area contributed by atoms with E-state index in [0.29, 0.717) is 16.9 Å². The van der Waals surface area contributed by atoms with E-state index >= 15 is 0 Å². The summed E-state index contributed by atoms with van der Waals surface area (Å²) in [6.07, 6.45) is 3.88. The van der Waals surface area contributed by atoms with Crippen LogP contribution in [0, 0.1) is 11.8 Å². The van der Waals surface area contributed by atoms with Crippen LogP contribution in [-0.2, 0) is 0 Å². The molecule has 2 aliphatic carbocycles. The number of aromatic amines is 1. The van der Waals surface area contributed by atoms with Crippen LogP contribution in [0.4, 0.5) is 0 Å². The monoisotopic (exact) mass is 254 g/mol. The quantitative estimate of drug-likeness (QED) is 0.853. The average Bonchev–Trinajstić information content (AvgIpc) is 3.31. The molecule has 2 aromatic rings. The minimum Gasteiger partial charge on any atom is -0.335 e. The number of imidazole rings is 1. The van der Waals surface area contributed by atoms with Gasteiger partial charge in [0.25, 0.3) is 0 Å². The van der Waals surface area contributed by atoms with Gasteiger partial charge in [-0.3, -0.25) is 9.59 Å². The largest absolute Gasteiger partial charge is 0.335 e. The number of para-hydroxylation sites is 1. The molecule has 2 aliphatic rings. The number of nitrogens with zero attached hydrogens (tertiary/aromatic N) is 1. The lowest BCUT2D eigenvalue weighted by Gasteiger charge is -1.98. The van der Waals surface area contributed by atoms with Gasteiger partial charge in [-0.05, 0) is 37.8 Å². The van der Waals surface area contributed by atoms with Crippen LogP contribution in [0.15, 0.2) is 18.2 Å². The molecule has 1 aromatic heterocycles. The number of carbonyl (C=O) groups is 2. The van der Waals surface area contributed by atoms with Crippen molar-refractivity contribution in [2.75, 3.05) is 0 Å². The van der Waals surface area contributed by atoms with Gasteiger partial charge in [0.1, 0.15) is 0 Å². The van der Waals surface area contributed by atoms with E-state index in [2.05, 4.69) is 9.97 Å². The summed E-state index contributed by atoms with van der Waals surface area (Å²) < 4.78 is 0. The van der Waals surface area contributed by atoms with E-state index in [1.807, 2.05) is 18.2 Å². The zero-order valence-electron chi connectivity index (χ0n) is 10.5. The summed E-state index contributed by atoms with van der Waals surface area (Å²) in [7, 11) is 0. The van der Waals surface area contributed by atoms with Gasteiger partial charge in [-0.15, -0.1) is 0 Å². The molecule has 0 bridgehead atoms. The van der Waals surface area contributed by atoms with Crippen LogP contribution < -0.4 is 0 Å². The Labute approximate surface area is 110 Å². The van der Waals surface area contributed by atoms with Crippen molar-refractivity contribution in [2.45, 2.75) is 25.7 Å². The van der Waals surface area contributed by atoms with Crippen molar-refractivity contribution in [3.63, 3.8) is 0 Å². The van der Waals surface area contributed by atoms with Crippen LogP contribution in [-0.4, -0.2) is 21.5 Å². The van der Waals surface area contributed by atoms with E-state index in [0.717, 1.165) is 31.2 Å². The summed E-state index contributed by atoms with van der Waals surface area (Å²) in [5.74, 6) is 0.977. The molecule has 0 saturated heterocycles. The lowest BCUT2D eigenvalue weighted by atomic mass is 10.1. The summed E-state index contributed by atoms with van der Waals surface area (Å²) in [5, 5.41) is 0. The average molecular weight is 254 g/mol. The number of nitrogens with one attached hydrogen (secondary N) is 1. The predicted molar refractivity (Wildman–Crippen MR) is 70.2 cm³/mol. The maximum Gasteiger partial charge on any atom is 0.201 e. The first-order chi connectivity index (χ1) is 9.24. The van der Waals surface area contributed by atoms with E-state index in [9.17, 15) is 9.59 Å². The number of H-pyrrole nitrogens is 1. The number of rotatable bonds is 4. The first-order valence-electron chi connectivity index (χ1n) is 6.81. The summed E-state index contributed by atoms with van der Waals surface area (Å²) in [4.78, 5) is 31.7. The molecule has 4 rings (SSSR count). The third kappa shape index (κ3) is 1.79. The molecule has 0 spiro atoms. The summed E-state index contributed by atoms with van der Waals surface area (Å²) >= 11 is 0. The van der Waals surface area contributed by atoms with Crippen LogP contribution in [0.25, 0.3) is 11.0 Å². The second-order valence-electron chi connectivity index (χ2n) is 5.56. The molecule has 0 radical (unpaired) electrons. The Balaban J connectivity index is 1.81. The van der Waals surface area contributed by atoms with Crippen molar-refractivity contribution in [3.05, 3.63) is 29.6 Å². The fourth-order valence-electron chi connectivity index (χ4n) is 2.45. The molecule has 4 heteroatoms. The highest BCUT2D eigenvalue weighted by atomic mass is 16.1. The SMILES string of the molecule is O=C(c1nc2c(C(=O)C3CC3)cccc2[nH]1)C1CC1. The maximum atomic E-state index is 12.2. The molecule has 1 heterocycles. The zero-order valence-corrected chi connectivity index (χ0v) is 10.5. The highest BCUT2D eigenvalue weighted by molar-refractivity contribution is 6.09. The van der Waals surface area contributed by atoms with E-state index in [4.69, 9.17) is 0 Å². The van der Waals surface area contributed by atoms with Crippen molar-refractivity contribution in [3.8, 4) is 0 Å². The lowest BCUT2D eigenvalue weighted by Crippen LogP contribution is -2.04. The molecule has 0 atom stereocenters. The van der Waals surface area contributed by atoms with Crippen molar-refractivity contribution in [1.82, 2.24) is 9.97 Å². The second-order valence-corrected chi connectivity index (χ2v) is 5.56. The molecular weight excluding hydrogens is 240 g/mol. The van der Waals surface area contributed by atoms with Gasteiger partial charge in [-0.25, -0.2) is 4.98 Å². The Hall–Kier alpha value is -1.97. The molecule has 4 nitrogen and oxygen atoms in total. The Bertz CT molecular complexity index is 693. The minimum absolute atomic E-state index is 0.0843. The van der Waals surface area contributed by atoms with Crippen LogP contribution >= 0.6 is 0 Å². The molecule has 2 fully saturated rings. The Morgan fingerprint density at radius 1 is 1.05 bits per heavy atom. The van der Waals surface area contributed by atoms with Gasteiger partial charge in [0.15, 0.2) is 11.6 Å². The normalized spacial score (nSPS) is 18.7. The van der Waals surface area contributed by atoms with E-state index in [-0.39, 0.29) is 23.4 Å². The smallest absolute Gasteiger partial charge is 0.201 e. The second kappa shape index (κ2) is 3.76. The molecule has 2 saturated carbocycles. The fourth-order valence-corrected chi connectivity index (χ4v) is 2.45. The molecule has 0 unspecified atom stereocenters. The standard InChI is InChI=1S/C15H14N2O2/c18-13(8-4-5-8)10-2-1-3-11-12(10)17-15(16-11)14(19)9-6-7-9/h1-3,8-9H,4-7H2,(H,16,17). The molecule has 1 N–H and O–H groups in total. The summed E-state index contributed by atoms with van der Waals surface area (Å²) in [5.41, 5.74) is 2.10. The zero-order chi connectivity index (χ0) is 13.0. The van der Waals surface area contributed by atoms with Gasteiger partial charge in [0, 0.05) is 17.4 Å². The number of benzene rings is 1. The Morgan fingerprint density at radius 2 is 1.74 bits per heavy atom. The van der Waals surface area contributed by atoms with Gasteiger partial charge in [0.05, 0.1) is 11.0 Å². The number of fused-ring (bicyclic) bond motifs is 1. The minimum atomic E-state index is 0.0843. The van der Waals surface area contributed by atoms with Gasteiger partial charge < -0.3 is 4.98 Å². The first kappa shape index (κ1) is 10.9. The first-order valence-corrected chi connectivity index (χ1v) is 6.81. The van der Waals surface area contributed by atoms with E-state index in [1.54, 1.807) is 0 Å². The van der Waals surface area contributed by atoms with Crippen LogP contribution in [0.3, 0.4) is 0 Å². The Kier molecular flexibility index (Phi) is 2.16. The highest BCUT2D eigenvalue weighted by Crippen LogP contribution is 2.35. The number of hydrogen-bond acceptors (Lipinski definition) is 3. The third-order valence-corrected chi connectivity index (χ3v) is 3.91. The third-order valence-electron chi connectivity index (χ3n) is 3.91. The number of aromatic nitrogens is 2. The molecule has 0 aliphatic heterocycles. The topological polar surface area (TPSA) is 62.8 Å². The fraction of sp³-hybridized carbons (Fsp3) is 0.400. The van der Waals surface area contributed by atoms with Gasteiger partial charge in [-0.2, -0.15) is 0 Å². The van der Waals surface area contributed by atoms with Crippen LogP contribution in [0.2, 0.25) is 0 Å². The number of hydrogen-bond donors (Lipinski definition) is 1. The molecule has 96 valence electrons. The van der Waals surface area contributed by atoms with Crippen molar-refractivity contribution in [2.24, 2.45) is 11.8 Å². The maximum absolute atomic E-state index is 12.2. The number of Topliss-reactive ketones (excluding diaryl/α,β-unsaturated/α-hetero) is 2. The van der Waals surface area contributed by atoms with Crippen molar-refractivity contribution < 1.29 is 9.59 Å².